The summed E-state index contributed by atoms with van der Waals surface area (Å²) in [5.74, 6) is 2.00. The van der Waals surface area contributed by atoms with Crippen molar-refractivity contribution in [1.82, 2.24) is 10.6 Å². The minimum atomic E-state index is -0.429. The van der Waals surface area contributed by atoms with Gasteiger partial charge in [-0.3, -0.25) is 0 Å². The second kappa shape index (κ2) is 7.23. The van der Waals surface area contributed by atoms with E-state index in [0.29, 0.717) is 23.9 Å². The lowest BCUT2D eigenvalue weighted by Gasteiger charge is -2.33. The maximum Gasteiger partial charge on any atom is 0.407 e. The molecular weight excluding hydrogens is 284 g/mol. The minimum Gasteiger partial charge on any atom is -0.444 e. The first-order valence-electron chi connectivity index (χ1n) is 8.19. The van der Waals surface area contributed by atoms with Crippen molar-refractivity contribution in [1.29, 1.82) is 0 Å². The van der Waals surface area contributed by atoms with Crippen molar-refractivity contribution in [2.75, 3.05) is 12.3 Å². The lowest BCUT2D eigenvalue weighted by molar-refractivity contribution is 0.0520. The van der Waals surface area contributed by atoms with Crippen molar-refractivity contribution in [3.63, 3.8) is 0 Å². The van der Waals surface area contributed by atoms with Crippen LogP contribution >= 0.6 is 11.8 Å². The minimum absolute atomic E-state index is 0.305. The lowest BCUT2D eigenvalue weighted by atomic mass is 10.0. The first-order chi connectivity index (χ1) is 9.85. The van der Waals surface area contributed by atoms with E-state index >= 15 is 0 Å². The Kier molecular flexibility index (Phi) is 5.83. The van der Waals surface area contributed by atoms with Crippen LogP contribution in [-0.2, 0) is 4.74 Å². The third-order valence-electron chi connectivity index (χ3n) is 4.09. The van der Waals surface area contributed by atoms with Gasteiger partial charge in [-0.25, -0.2) is 4.79 Å². The lowest BCUT2D eigenvalue weighted by Crippen LogP contribution is -2.51. The highest BCUT2D eigenvalue weighted by Gasteiger charge is 2.34. The Bertz CT molecular complexity index is 353. The normalized spacial score (nSPS) is 28.0. The van der Waals surface area contributed by atoms with E-state index in [2.05, 4.69) is 29.3 Å². The molecule has 0 aromatic heterocycles. The van der Waals surface area contributed by atoms with E-state index in [0.717, 1.165) is 5.92 Å². The summed E-state index contributed by atoms with van der Waals surface area (Å²) in [7, 11) is 0. The first kappa shape index (κ1) is 16.9. The molecule has 0 bridgehead atoms. The summed E-state index contributed by atoms with van der Waals surface area (Å²) in [6.45, 7) is 8.67. The van der Waals surface area contributed by atoms with Gasteiger partial charge in [0.25, 0.3) is 0 Å². The third-order valence-corrected chi connectivity index (χ3v) is 5.47. The molecule has 2 N–H and O–H groups in total. The first-order valence-corrected chi connectivity index (χ1v) is 9.24. The van der Waals surface area contributed by atoms with Crippen LogP contribution in [0.4, 0.5) is 4.79 Å². The van der Waals surface area contributed by atoms with Crippen LogP contribution in [-0.4, -0.2) is 41.3 Å². The van der Waals surface area contributed by atoms with Gasteiger partial charge in [0.1, 0.15) is 5.60 Å². The van der Waals surface area contributed by atoms with Crippen LogP contribution in [0.1, 0.15) is 53.4 Å². The van der Waals surface area contributed by atoms with E-state index in [1.54, 1.807) is 0 Å². The number of hydrogen-bond donors (Lipinski definition) is 2. The summed E-state index contributed by atoms with van der Waals surface area (Å²) < 4.78 is 5.32. The van der Waals surface area contributed by atoms with E-state index in [1.165, 1.54) is 31.4 Å². The molecule has 4 nitrogen and oxygen atoms in total. The van der Waals surface area contributed by atoms with E-state index in [9.17, 15) is 4.79 Å². The number of amides is 1. The monoisotopic (exact) mass is 314 g/mol. The van der Waals surface area contributed by atoms with Gasteiger partial charge in [-0.05, 0) is 58.1 Å². The molecule has 2 aliphatic rings. The predicted molar refractivity (Wildman–Crippen MR) is 88.8 cm³/mol. The molecule has 1 amide bonds. The quantitative estimate of drug-likeness (QED) is 0.818. The Hall–Kier alpha value is -0.420. The standard InChI is InChI=1S/C16H30N2O2S/c1-11-13(6-5-9-21-11)18-14(12-7-8-12)10-17-15(19)20-16(2,3)4/h11-14,18H,5-10H2,1-4H3,(H,17,19). The zero-order valence-electron chi connectivity index (χ0n) is 13.8. The zero-order valence-corrected chi connectivity index (χ0v) is 14.6. The molecule has 0 spiro atoms. The van der Waals surface area contributed by atoms with Gasteiger partial charge in [-0.1, -0.05) is 6.92 Å². The fourth-order valence-electron chi connectivity index (χ4n) is 2.78. The Labute approximate surface area is 133 Å². The number of nitrogens with one attached hydrogen (secondary N) is 2. The molecule has 5 heteroatoms. The van der Waals surface area contributed by atoms with Gasteiger partial charge in [-0.2, -0.15) is 11.8 Å². The summed E-state index contributed by atoms with van der Waals surface area (Å²) in [5.41, 5.74) is -0.429. The second-order valence-electron chi connectivity index (χ2n) is 7.32. The molecule has 1 aliphatic heterocycles. The van der Waals surface area contributed by atoms with Gasteiger partial charge >= 0.3 is 6.09 Å². The Morgan fingerprint density at radius 2 is 2.05 bits per heavy atom. The van der Waals surface area contributed by atoms with Crippen molar-refractivity contribution in [3.05, 3.63) is 0 Å². The van der Waals surface area contributed by atoms with E-state index in [1.807, 2.05) is 20.8 Å². The van der Waals surface area contributed by atoms with Crippen LogP contribution in [0, 0.1) is 5.92 Å². The molecule has 3 unspecified atom stereocenters. The van der Waals surface area contributed by atoms with Crippen molar-refractivity contribution >= 4 is 17.9 Å². The zero-order chi connectivity index (χ0) is 15.5. The van der Waals surface area contributed by atoms with Crippen LogP contribution in [0.2, 0.25) is 0 Å². The maximum absolute atomic E-state index is 11.8. The summed E-state index contributed by atoms with van der Waals surface area (Å²) in [6.07, 6.45) is 4.80. The fourth-order valence-corrected chi connectivity index (χ4v) is 3.94. The van der Waals surface area contributed by atoms with Crippen LogP contribution in [0.15, 0.2) is 0 Å². The molecule has 1 saturated heterocycles. The molecule has 1 aliphatic carbocycles. The van der Waals surface area contributed by atoms with Crippen LogP contribution in [0.25, 0.3) is 0 Å². The molecule has 3 atom stereocenters. The summed E-state index contributed by atoms with van der Waals surface area (Å²) in [6, 6.07) is 0.971. The van der Waals surface area contributed by atoms with Crippen molar-refractivity contribution in [2.24, 2.45) is 5.92 Å². The number of hydrogen-bond acceptors (Lipinski definition) is 4. The molecule has 0 aromatic carbocycles. The fraction of sp³-hybridized carbons (Fsp3) is 0.938. The largest absolute Gasteiger partial charge is 0.444 e. The average Bonchev–Trinajstić information content (AvgIpc) is 3.18. The summed E-state index contributed by atoms with van der Waals surface area (Å²) in [4.78, 5) is 11.8. The van der Waals surface area contributed by atoms with E-state index < -0.39 is 5.60 Å². The van der Waals surface area contributed by atoms with Crippen LogP contribution in [0.3, 0.4) is 0 Å². The predicted octanol–water partition coefficient (Wildman–Crippen LogP) is 3.16. The smallest absolute Gasteiger partial charge is 0.407 e. The molecule has 21 heavy (non-hydrogen) atoms. The van der Waals surface area contributed by atoms with Crippen molar-refractivity contribution in [2.45, 2.75) is 76.3 Å². The van der Waals surface area contributed by atoms with E-state index in [-0.39, 0.29) is 6.09 Å². The molecular formula is C16H30N2O2S. The third kappa shape index (κ3) is 6.07. The average molecular weight is 314 g/mol. The Balaban J connectivity index is 1.78. The van der Waals surface area contributed by atoms with Gasteiger partial charge < -0.3 is 15.4 Å². The SMILES string of the molecule is CC1SCCCC1NC(CNC(=O)OC(C)(C)C)C1CC1. The van der Waals surface area contributed by atoms with Gasteiger partial charge in [0.15, 0.2) is 0 Å². The number of ether oxygens (including phenoxy) is 1. The highest BCUT2D eigenvalue weighted by Crippen LogP contribution is 2.34. The van der Waals surface area contributed by atoms with Gasteiger partial charge in [0.05, 0.1) is 0 Å². The van der Waals surface area contributed by atoms with Crippen LogP contribution in [0.5, 0.6) is 0 Å². The van der Waals surface area contributed by atoms with Crippen molar-refractivity contribution < 1.29 is 9.53 Å². The highest BCUT2D eigenvalue weighted by molar-refractivity contribution is 7.99. The Morgan fingerprint density at radius 1 is 1.33 bits per heavy atom. The van der Waals surface area contributed by atoms with Gasteiger partial charge in [0.2, 0.25) is 0 Å². The number of carbonyl (C=O) groups excluding carboxylic acids is 1. The van der Waals surface area contributed by atoms with Crippen molar-refractivity contribution in [3.8, 4) is 0 Å². The van der Waals surface area contributed by atoms with Crippen LogP contribution < -0.4 is 10.6 Å². The number of carbonyl (C=O) groups is 1. The molecule has 0 aromatic rings. The number of thioether (sulfide) groups is 1. The molecule has 2 fully saturated rings. The van der Waals surface area contributed by atoms with E-state index in [4.69, 9.17) is 4.74 Å². The summed E-state index contributed by atoms with van der Waals surface area (Å²) >= 11 is 2.06. The summed E-state index contributed by atoms with van der Waals surface area (Å²) in [5, 5.41) is 7.40. The van der Waals surface area contributed by atoms with Gasteiger partial charge in [0, 0.05) is 23.9 Å². The highest BCUT2D eigenvalue weighted by atomic mass is 32.2. The molecule has 2 rings (SSSR count). The topological polar surface area (TPSA) is 50.4 Å². The number of alkyl carbamates (subject to hydrolysis) is 1. The molecule has 122 valence electrons. The maximum atomic E-state index is 11.8. The number of rotatable bonds is 5. The molecule has 1 saturated carbocycles. The second-order valence-corrected chi connectivity index (χ2v) is 8.80. The molecule has 1 heterocycles. The van der Waals surface area contributed by atoms with Gasteiger partial charge in [-0.15, -0.1) is 0 Å². The molecule has 0 radical (unpaired) electrons. The Morgan fingerprint density at radius 3 is 2.62 bits per heavy atom.